The highest BCUT2D eigenvalue weighted by atomic mass is 16.5. The summed E-state index contributed by atoms with van der Waals surface area (Å²) >= 11 is 0. The average Bonchev–Trinajstić information content (AvgIpc) is 3.39. The van der Waals surface area contributed by atoms with Crippen LogP contribution >= 0.6 is 0 Å². The molecular weight excluding hydrogens is 402 g/mol. The Balaban J connectivity index is 1.27. The van der Waals surface area contributed by atoms with E-state index >= 15 is 0 Å². The first-order chi connectivity index (χ1) is 15.6. The van der Waals surface area contributed by atoms with E-state index in [1.807, 2.05) is 61.0 Å². The zero-order valence-corrected chi connectivity index (χ0v) is 17.9. The van der Waals surface area contributed by atoms with Gasteiger partial charge in [0.05, 0.1) is 23.5 Å². The third-order valence-corrected chi connectivity index (χ3v) is 5.49. The Bertz CT molecular complexity index is 1280. The first-order valence-corrected chi connectivity index (χ1v) is 10.6. The first-order valence-electron chi connectivity index (χ1n) is 10.6. The number of carbonyl (C=O) groups is 1. The van der Waals surface area contributed by atoms with E-state index in [0.29, 0.717) is 17.9 Å². The van der Waals surface area contributed by atoms with Crippen molar-refractivity contribution >= 4 is 5.91 Å². The molecule has 1 aliphatic rings. The number of nitrogens with one attached hydrogen (secondary N) is 1. The summed E-state index contributed by atoms with van der Waals surface area (Å²) in [7, 11) is 0. The third kappa shape index (κ3) is 3.85. The molecular formula is C25H23N5O2. The van der Waals surface area contributed by atoms with Crippen molar-refractivity contribution in [3.8, 4) is 22.8 Å². The lowest BCUT2D eigenvalue weighted by Crippen LogP contribution is -2.34. The number of hydrogen-bond donors (Lipinski definition) is 1. The molecule has 0 saturated carbocycles. The molecule has 0 spiro atoms. The largest absolute Gasteiger partial charge is 0.487 e. The van der Waals surface area contributed by atoms with Gasteiger partial charge in [0, 0.05) is 30.1 Å². The molecule has 0 bridgehead atoms. The van der Waals surface area contributed by atoms with Gasteiger partial charge < -0.3 is 10.1 Å². The Hall–Kier alpha value is -4.00. The monoisotopic (exact) mass is 425 g/mol. The molecule has 1 N–H and O–H groups in total. The summed E-state index contributed by atoms with van der Waals surface area (Å²) < 4.78 is 8.02. The van der Waals surface area contributed by atoms with Crippen LogP contribution in [0, 0.1) is 13.8 Å². The zero-order chi connectivity index (χ0) is 22.1. The molecule has 32 heavy (non-hydrogen) atoms. The van der Waals surface area contributed by atoms with Crippen molar-refractivity contribution in [2.24, 2.45) is 0 Å². The lowest BCUT2D eigenvalue weighted by Gasteiger charge is -2.13. The van der Waals surface area contributed by atoms with E-state index in [1.54, 1.807) is 24.5 Å². The lowest BCUT2D eigenvalue weighted by molar-refractivity contribution is 0.0933. The van der Waals surface area contributed by atoms with Crippen molar-refractivity contribution in [3.05, 3.63) is 89.5 Å². The summed E-state index contributed by atoms with van der Waals surface area (Å²) in [4.78, 5) is 21.5. The van der Waals surface area contributed by atoms with E-state index in [1.165, 1.54) is 0 Å². The fourth-order valence-corrected chi connectivity index (χ4v) is 4.04. The Morgan fingerprint density at radius 1 is 1.09 bits per heavy atom. The second kappa shape index (κ2) is 8.26. The van der Waals surface area contributed by atoms with Gasteiger partial charge in [-0.3, -0.25) is 4.79 Å². The molecule has 160 valence electrons. The number of carbonyl (C=O) groups excluding carboxylic acids is 1. The van der Waals surface area contributed by atoms with Crippen LogP contribution in [-0.4, -0.2) is 38.3 Å². The van der Waals surface area contributed by atoms with E-state index in [-0.39, 0.29) is 12.0 Å². The van der Waals surface area contributed by atoms with Gasteiger partial charge in [-0.25, -0.2) is 14.6 Å². The maximum absolute atomic E-state index is 12.8. The Morgan fingerprint density at radius 3 is 2.69 bits per heavy atom. The van der Waals surface area contributed by atoms with Gasteiger partial charge in [0.2, 0.25) is 0 Å². The van der Waals surface area contributed by atoms with Gasteiger partial charge in [0.15, 0.2) is 5.82 Å². The SMILES string of the molecule is Cc1cc(C)n(-c2cccc(C(=O)NC[C@H]3Cc4cccc(-c5ncccn5)c4O3)c2)n1. The van der Waals surface area contributed by atoms with Crippen molar-refractivity contribution in [3.63, 3.8) is 0 Å². The summed E-state index contributed by atoms with van der Waals surface area (Å²) in [5.74, 6) is 1.29. The molecule has 1 amide bonds. The fraction of sp³-hybridized carbons (Fsp3) is 0.200. The number of fused-ring (bicyclic) bond motifs is 1. The topological polar surface area (TPSA) is 81.9 Å². The number of para-hydroxylation sites is 1. The van der Waals surface area contributed by atoms with E-state index < -0.39 is 0 Å². The molecule has 0 radical (unpaired) electrons. The van der Waals surface area contributed by atoms with Gasteiger partial charge >= 0.3 is 0 Å². The number of benzene rings is 2. The van der Waals surface area contributed by atoms with Crippen LogP contribution in [0.3, 0.4) is 0 Å². The molecule has 4 aromatic rings. The van der Waals surface area contributed by atoms with Crippen LogP contribution in [0.25, 0.3) is 17.1 Å². The van der Waals surface area contributed by atoms with E-state index in [2.05, 4.69) is 20.4 Å². The Morgan fingerprint density at radius 2 is 1.91 bits per heavy atom. The lowest BCUT2D eigenvalue weighted by atomic mass is 10.1. The Kier molecular flexibility index (Phi) is 5.15. The molecule has 2 aromatic carbocycles. The molecule has 1 aliphatic heterocycles. The number of hydrogen-bond acceptors (Lipinski definition) is 5. The predicted octanol–water partition coefficient (Wildman–Crippen LogP) is 3.68. The van der Waals surface area contributed by atoms with Gasteiger partial charge in [-0.1, -0.05) is 18.2 Å². The second-order valence-electron chi connectivity index (χ2n) is 7.91. The number of nitrogens with zero attached hydrogens (tertiary/aromatic N) is 4. The highest BCUT2D eigenvalue weighted by Gasteiger charge is 2.27. The van der Waals surface area contributed by atoms with Crippen molar-refractivity contribution < 1.29 is 9.53 Å². The summed E-state index contributed by atoms with van der Waals surface area (Å²) in [6.45, 7) is 4.36. The van der Waals surface area contributed by atoms with Gasteiger partial charge in [0.1, 0.15) is 11.9 Å². The van der Waals surface area contributed by atoms with E-state index in [4.69, 9.17) is 4.74 Å². The van der Waals surface area contributed by atoms with E-state index in [9.17, 15) is 4.79 Å². The number of rotatable bonds is 5. The third-order valence-electron chi connectivity index (χ3n) is 5.49. The summed E-state index contributed by atoms with van der Waals surface area (Å²) in [5, 5.41) is 7.51. The van der Waals surface area contributed by atoms with Gasteiger partial charge in [-0.05, 0) is 55.8 Å². The van der Waals surface area contributed by atoms with Crippen molar-refractivity contribution in [2.75, 3.05) is 6.54 Å². The maximum Gasteiger partial charge on any atom is 0.251 e. The number of aromatic nitrogens is 4. The highest BCUT2D eigenvalue weighted by Crippen LogP contribution is 2.37. The minimum atomic E-state index is -0.141. The summed E-state index contributed by atoms with van der Waals surface area (Å²) in [6, 6.07) is 17.3. The predicted molar refractivity (Wildman–Crippen MR) is 121 cm³/mol. The molecule has 2 aromatic heterocycles. The number of amides is 1. The average molecular weight is 425 g/mol. The van der Waals surface area contributed by atoms with Crippen LogP contribution in [0.5, 0.6) is 5.75 Å². The summed E-state index contributed by atoms with van der Waals surface area (Å²) in [6.07, 6.45) is 4.02. The molecule has 5 rings (SSSR count). The molecule has 0 aliphatic carbocycles. The number of aryl methyl sites for hydroxylation is 2. The van der Waals surface area contributed by atoms with Crippen LogP contribution in [0.4, 0.5) is 0 Å². The normalized spacial score (nSPS) is 14.6. The van der Waals surface area contributed by atoms with E-state index in [0.717, 1.165) is 40.4 Å². The van der Waals surface area contributed by atoms with Crippen LogP contribution in [0.2, 0.25) is 0 Å². The van der Waals surface area contributed by atoms with Crippen LogP contribution in [0.1, 0.15) is 27.3 Å². The summed E-state index contributed by atoms with van der Waals surface area (Å²) in [5.41, 5.74) is 5.38. The fourth-order valence-electron chi connectivity index (χ4n) is 4.04. The smallest absolute Gasteiger partial charge is 0.251 e. The van der Waals surface area contributed by atoms with Crippen molar-refractivity contribution in [2.45, 2.75) is 26.4 Å². The van der Waals surface area contributed by atoms with Gasteiger partial charge in [0.25, 0.3) is 5.91 Å². The molecule has 0 unspecified atom stereocenters. The molecule has 7 heteroatoms. The molecule has 3 heterocycles. The zero-order valence-electron chi connectivity index (χ0n) is 17.9. The van der Waals surface area contributed by atoms with Gasteiger partial charge in [-0.15, -0.1) is 0 Å². The quantitative estimate of drug-likeness (QED) is 0.528. The van der Waals surface area contributed by atoms with Gasteiger partial charge in [-0.2, -0.15) is 5.10 Å². The van der Waals surface area contributed by atoms with Crippen molar-refractivity contribution in [1.29, 1.82) is 0 Å². The van der Waals surface area contributed by atoms with Crippen molar-refractivity contribution in [1.82, 2.24) is 25.1 Å². The standard InChI is InChI=1S/C25H23N5O2/c1-16-12-17(2)30(29-16)20-8-3-7-19(13-20)25(31)28-15-21-14-18-6-4-9-22(23(18)32-21)24-26-10-5-11-27-24/h3-13,21H,14-15H2,1-2H3,(H,28,31)/t21-/m1/s1. The minimum absolute atomic E-state index is 0.139. The number of ether oxygens (including phenoxy) is 1. The second-order valence-corrected chi connectivity index (χ2v) is 7.91. The van der Waals surface area contributed by atoms with Crippen LogP contribution < -0.4 is 10.1 Å². The minimum Gasteiger partial charge on any atom is -0.487 e. The van der Waals surface area contributed by atoms with Crippen LogP contribution in [0.15, 0.2) is 67.0 Å². The Labute approximate surface area is 186 Å². The molecule has 0 saturated heterocycles. The maximum atomic E-state index is 12.8. The van der Waals surface area contributed by atoms with Crippen LogP contribution in [-0.2, 0) is 6.42 Å². The highest BCUT2D eigenvalue weighted by molar-refractivity contribution is 5.94. The molecule has 0 fully saturated rings. The molecule has 7 nitrogen and oxygen atoms in total. The first kappa shape index (κ1) is 19.9. The molecule has 1 atom stereocenters.